The molecule has 1 saturated heterocycles. The molecule has 2 aromatic carbocycles. The Labute approximate surface area is 169 Å². The number of phenols is 1. The number of amides is 3. The van der Waals surface area contributed by atoms with Crippen LogP contribution in [-0.4, -0.2) is 28.5 Å². The van der Waals surface area contributed by atoms with Crippen LogP contribution in [0.3, 0.4) is 0 Å². The van der Waals surface area contributed by atoms with Crippen LogP contribution >= 0.6 is 0 Å². The van der Waals surface area contributed by atoms with E-state index in [9.17, 15) is 27.9 Å². The zero-order valence-electron chi connectivity index (χ0n) is 15.6. The number of alkyl halides is 3. The monoisotopic (exact) mass is 413 g/mol. The topological polar surface area (TPSA) is 84.6 Å². The zero-order valence-corrected chi connectivity index (χ0v) is 15.6. The van der Waals surface area contributed by atoms with Gasteiger partial charge in [-0.05, 0) is 42.8 Å². The van der Waals surface area contributed by atoms with Gasteiger partial charge in [0.05, 0.1) is 29.4 Å². The second-order valence-electron chi connectivity index (χ2n) is 6.67. The first kappa shape index (κ1) is 20.7. The normalized spacial score (nSPS) is 19.0. The summed E-state index contributed by atoms with van der Waals surface area (Å²) >= 11 is 0. The van der Waals surface area contributed by atoms with E-state index in [4.69, 9.17) is 11.7 Å². The lowest BCUT2D eigenvalue weighted by Crippen LogP contribution is -2.44. The summed E-state index contributed by atoms with van der Waals surface area (Å²) < 4.78 is 40.0. The summed E-state index contributed by atoms with van der Waals surface area (Å²) in [5.41, 5.74) is -3.51. The van der Waals surface area contributed by atoms with Crippen LogP contribution in [0, 0.1) is 23.7 Å². The SMILES string of the molecule is C#CCN1C(=O)N(c2ccc(C#N)c(C(F)(F)F)c2)C(=O)[C@@]1(C)c1ccc(O)cc1. The van der Waals surface area contributed by atoms with E-state index in [1.807, 2.05) is 0 Å². The minimum Gasteiger partial charge on any atom is -0.508 e. The number of carbonyl (C=O) groups excluding carboxylic acids is 2. The molecule has 3 rings (SSSR count). The molecule has 6 nitrogen and oxygen atoms in total. The van der Waals surface area contributed by atoms with Crippen LogP contribution in [0.25, 0.3) is 0 Å². The zero-order chi connectivity index (χ0) is 22.3. The number of nitrogens with zero attached hydrogens (tertiary/aromatic N) is 3. The minimum absolute atomic E-state index is 0.0682. The number of rotatable bonds is 3. The fraction of sp³-hybridized carbons (Fsp3) is 0.190. The van der Waals surface area contributed by atoms with E-state index in [-0.39, 0.29) is 18.0 Å². The second kappa shape index (κ2) is 7.12. The van der Waals surface area contributed by atoms with Crippen LogP contribution in [0.15, 0.2) is 42.5 Å². The quantitative estimate of drug-likeness (QED) is 0.616. The van der Waals surface area contributed by atoms with Crippen LogP contribution in [0.1, 0.15) is 23.6 Å². The largest absolute Gasteiger partial charge is 0.508 e. The number of benzene rings is 2. The van der Waals surface area contributed by atoms with Gasteiger partial charge in [0.15, 0.2) is 0 Å². The molecule has 1 N–H and O–H groups in total. The third-order valence-electron chi connectivity index (χ3n) is 4.95. The van der Waals surface area contributed by atoms with Gasteiger partial charge in [0.25, 0.3) is 5.91 Å². The maximum Gasteiger partial charge on any atom is 0.417 e. The fourth-order valence-electron chi connectivity index (χ4n) is 3.35. The number of imide groups is 1. The van der Waals surface area contributed by atoms with Gasteiger partial charge in [-0.3, -0.25) is 9.69 Å². The minimum atomic E-state index is -4.86. The fourth-order valence-corrected chi connectivity index (χ4v) is 3.35. The van der Waals surface area contributed by atoms with Crippen molar-refractivity contribution in [3.63, 3.8) is 0 Å². The summed E-state index contributed by atoms with van der Waals surface area (Å²) in [6.45, 7) is 1.14. The molecule has 0 spiro atoms. The molecule has 9 heteroatoms. The molecular formula is C21H14F3N3O3. The number of carbonyl (C=O) groups is 2. The third kappa shape index (κ3) is 3.11. The van der Waals surface area contributed by atoms with E-state index in [2.05, 4.69) is 5.92 Å². The van der Waals surface area contributed by atoms with E-state index >= 15 is 0 Å². The standard InChI is InChI=1S/C21H14F3N3O3/c1-3-10-26-19(30)27(15-7-4-13(12-25)17(11-15)21(22,23)24)18(29)20(26,2)14-5-8-16(28)9-6-14/h1,4-9,11,28H,10H2,2H3/t20-/m1/s1. The Hall–Kier alpha value is -3.98. The summed E-state index contributed by atoms with van der Waals surface area (Å²) in [7, 11) is 0. The molecule has 1 aliphatic heterocycles. The van der Waals surface area contributed by atoms with E-state index in [1.54, 1.807) is 0 Å². The average Bonchev–Trinajstić information content (AvgIpc) is 2.89. The maximum atomic E-state index is 13.3. The summed E-state index contributed by atoms with van der Waals surface area (Å²) in [6.07, 6.45) is 0.489. The number of hydrogen-bond donors (Lipinski definition) is 1. The molecule has 1 fully saturated rings. The lowest BCUT2D eigenvalue weighted by atomic mass is 9.90. The average molecular weight is 413 g/mol. The lowest BCUT2D eigenvalue weighted by molar-refractivity contribution is -0.137. The lowest BCUT2D eigenvalue weighted by Gasteiger charge is -2.30. The Morgan fingerprint density at radius 3 is 2.33 bits per heavy atom. The van der Waals surface area contributed by atoms with E-state index < -0.39 is 34.8 Å². The van der Waals surface area contributed by atoms with Crippen molar-refractivity contribution < 1.29 is 27.9 Å². The summed E-state index contributed by atoms with van der Waals surface area (Å²) in [4.78, 5) is 28.0. The number of phenolic OH excluding ortho intramolecular Hbond substituents is 1. The molecule has 30 heavy (non-hydrogen) atoms. The van der Waals surface area contributed by atoms with Gasteiger partial charge in [-0.25, -0.2) is 9.69 Å². The van der Waals surface area contributed by atoms with Gasteiger partial charge in [-0.15, -0.1) is 6.42 Å². The van der Waals surface area contributed by atoms with Crippen molar-refractivity contribution in [1.82, 2.24) is 4.90 Å². The summed E-state index contributed by atoms with van der Waals surface area (Å²) in [5.74, 6) is 1.39. The Morgan fingerprint density at radius 1 is 1.17 bits per heavy atom. The van der Waals surface area contributed by atoms with E-state index in [0.29, 0.717) is 16.5 Å². The molecule has 0 radical (unpaired) electrons. The van der Waals surface area contributed by atoms with Gasteiger partial charge in [-0.1, -0.05) is 18.1 Å². The predicted octanol–water partition coefficient (Wildman–Crippen LogP) is 3.60. The van der Waals surface area contributed by atoms with Crippen LogP contribution in [0.5, 0.6) is 5.75 Å². The van der Waals surface area contributed by atoms with Gasteiger partial charge in [-0.2, -0.15) is 18.4 Å². The second-order valence-corrected chi connectivity index (χ2v) is 6.67. The van der Waals surface area contributed by atoms with Gasteiger partial charge in [0, 0.05) is 0 Å². The Morgan fingerprint density at radius 2 is 1.80 bits per heavy atom. The Bertz CT molecular complexity index is 1110. The van der Waals surface area contributed by atoms with Gasteiger partial charge >= 0.3 is 12.2 Å². The third-order valence-corrected chi connectivity index (χ3v) is 4.95. The molecule has 0 unspecified atom stereocenters. The Balaban J connectivity index is 2.17. The highest BCUT2D eigenvalue weighted by molar-refractivity contribution is 6.23. The molecule has 3 amide bonds. The van der Waals surface area contributed by atoms with Crippen molar-refractivity contribution in [1.29, 1.82) is 5.26 Å². The van der Waals surface area contributed by atoms with Crippen molar-refractivity contribution in [2.75, 3.05) is 11.4 Å². The van der Waals surface area contributed by atoms with Gasteiger partial charge in [0.2, 0.25) is 0 Å². The predicted molar refractivity (Wildman–Crippen MR) is 100 cm³/mol. The molecule has 0 saturated carbocycles. The van der Waals surface area contributed by atoms with Gasteiger partial charge in [0.1, 0.15) is 11.3 Å². The first-order valence-corrected chi connectivity index (χ1v) is 8.56. The van der Waals surface area contributed by atoms with Gasteiger partial charge < -0.3 is 5.11 Å². The van der Waals surface area contributed by atoms with Crippen LogP contribution in [0.4, 0.5) is 23.7 Å². The van der Waals surface area contributed by atoms with Crippen molar-refractivity contribution in [3.05, 3.63) is 59.2 Å². The van der Waals surface area contributed by atoms with Crippen molar-refractivity contribution >= 4 is 17.6 Å². The van der Waals surface area contributed by atoms with Crippen LogP contribution in [-0.2, 0) is 16.5 Å². The van der Waals surface area contributed by atoms with Crippen molar-refractivity contribution in [3.8, 4) is 24.2 Å². The highest BCUT2D eigenvalue weighted by Gasteiger charge is 2.55. The number of anilines is 1. The van der Waals surface area contributed by atoms with Crippen LogP contribution < -0.4 is 4.90 Å². The summed E-state index contributed by atoms with van der Waals surface area (Å²) in [5, 5.41) is 18.5. The molecule has 1 atom stereocenters. The molecule has 0 bridgehead atoms. The van der Waals surface area contributed by atoms with Crippen LogP contribution in [0.2, 0.25) is 0 Å². The highest BCUT2D eigenvalue weighted by atomic mass is 19.4. The van der Waals surface area contributed by atoms with Crippen molar-refractivity contribution in [2.24, 2.45) is 0 Å². The number of nitriles is 1. The number of terminal acetylenes is 1. The van der Waals surface area contributed by atoms with E-state index in [0.717, 1.165) is 17.0 Å². The number of hydrogen-bond acceptors (Lipinski definition) is 4. The van der Waals surface area contributed by atoms with Crippen molar-refractivity contribution in [2.45, 2.75) is 18.6 Å². The summed E-state index contributed by atoms with van der Waals surface area (Å²) in [6, 6.07) is 8.63. The number of urea groups is 1. The molecule has 1 heterocycles. The van der Waals surface area contributed by atoms with E-state index in [1.165, 1.54) is 37.3 Å². The smallest absolute Gasteiger partial charge is 0.417 e. The molecule has 1 aliphatic rings. The molecule has 152 valence electrons. The first-order chi connectivity index (χ1) is 14.1. The first-order valence-electron chi connectivity index (χ1n) is 8.56. The molecule has 0 aromatic heterocycles. The maximum absolute atomic E-state index is 13.3. The molecular weight excluding hydrogens is 399 g/mol. The number of halogens is 3. The molecule has 2 aromatic rings. The Kier molecular flexibility index (Phi) is 4.93. The molecule has 0 aliphatic carbocycles. The highest BCUT2D eigenvalue weighted by Crippen LogP contribution is 2.41. The number of aromatic hydroxyl groups is 1.